The van der Waals surface area contributed by atoms with Crippen LogP contribution in [0.1, 0.15) is 0 Å². The number of hydrogen-bond donors (Lipinski definition) is 0. The van der Waals surface area contributed by atoms with Gasteiger partial charge in [-0.05, 0) is 57.3 Å². The highest BCUT2D eigenvalue weighted by Gasteiger charge is 2.15. The Kier molecular flexibility index (Phi) is 5.07. The van der Waals surface area contributed by atoms with Crippen LogP contribution in [0.4, 0.5) is 0 Å². The lowest BCUT2D eigenvalue weighted by Crippen LogP contribution is -1.89. The molecule has 196 valence electrons. The molecule has 4 heteroatoms. The lowest BCUT2D eigenvalue weighted by atomic mass is 9.97. The van der Waals surface area contributed by atoms with Gasteiger partial charge in [-0.2, -0.15) is 0 Å². The molecule has 42 heavy (non-hydrogen) atoms. The van der Waals surface area contributed by atoms with E-state index in [1.165, 1.54) is 42.1 Å². The van der Waals surface area contributed by atoms with Crippen molar-refractivity contribution in [3.8, 4) is 33.6 Å². The molecule has 0 saturated carbocycles. The molecular weight excluding hydrogens is 532 g/mol. The number of nitrogens with zero attached hydrogens (tertiary/aromatic N) is 2. The molecule has 0 unspecified atom stereocenters. The minimum Gasteiger partial charge on any atom is -0.453 e. The molecule has 0 amide bonds. The fourth-order valence-corrected chi connectivity index (χ4v) is 7.38. The Balaban J connectivity index is 1.18. The van der Waals surface area contributed by atoms with E-state index < -0.39 is 0 Å². The highest BCUT2D eigenvalue weighted by atomic mass is 32.1. The van der Waals surface area contributed by atoms with Crippen LogP contribution in [0.15, 0.2) is 138 Å². The topological polar surface area (TPSA) is 38.9 Å². The molecule has 6 aromatic carbocycles. The summed E-state index contributed by atoms with van der Waals surface area (Å²) >= 11 is 1.85. The first kappa shape index (κ1) is 23.4. The molecule has 9 aromatic rings. The predicted molar refractivity (Wildman–Crippen MR) is 176 cm³/mol. The van der Waals surface area contributed by atoms with Crippen LogP contribution in [0, 0.1) is 0 Å². The van der Waals surface area contributed by atoms with Crippen LogP contribution in [0.2, 0.25) is 0 Å². The first-order valence-electron chi connectivity index (χ1n) is 14.0. The first-order valence-corrected chi connectivity index (χ1v) is 14.8. The van der Waals surface area contributed by atoms with Gasteiger partial charge in [0.2, 0.25) is 0 Å². The van der Waals surface area contributed by atoms with Gasteiger partial charge in [0.1, 0.15) is 11.1 Å². The van der Waals surface area contributed by atoms with E-state index >= 15 is 0 Å². The summed E-state index contributed by atoms with van der Waals surface area (Å²) < 4.78 is 8.77. The van der Waals surface area contributed by atoms with E-state index in [2.05, 4.69) is 121 Å². The normalized spacial score (nSPS) is 11.8. The molecule has 0 aliphatic carbocycles. The van der Waals surface area contributed by atoms with E-state index in [9.17, 15) is 0 Å². The molecule has 0 aliphatic heterocycles. The van der Waals surface area contributed by atoms with Crippen LogP contribution >= 0.6 is 11.3 Å². The molecular formula is C38H22N2OS. The summed E-state index contributed by atoms with van der Waals surface area (Å²) in [7, 11) is 0. The fourth-order valence-electron chi connectivity index (χ4n) is 6.15. The van der Waals surface area contributed by atoms with Gasteiger partial charge in [0.15, 0.2) is 11.4 Å². The molecule has 0 spiro atoms. The number of furan rings is 1. The second-order valence-electron chi connectivity index (χ2n) is 10.6. The van der Waals surface area contributed by atoms with Crippen LogP contribution in [0.3, 0.4) is 0 Å². The number of benzene rings is 6. The lowest BCUT2D eigenvalue weighted by molar-refractivity contribution is 0.666. The number of fused-ring (bicyclic) bond motifs is 7. The van der Waals surface area contributed by atoms with Crippen LogP contribution in [0.5, 0.6) is 0 Å². The summed E-state index contributed by atoms with van der Waals surface area (Å²) in [6.07, 6.45) is 1.80. The maximum atomic E-state index is 6.17. The third kappa shape index (κ3) is 3.59. The molecule has 0 N–H and O–H groups in total. The van der Waals surface area contributed by atoms with Crippen LogP contribution in [0.25, 0.3) is 86.7 Å². The smallest absolute Gasteiger partial charge is 0.172 e. The van der Waals surface area contributed by atoms with Crippen molar-refractivity contribution in [2.45, 2.75) is 0 Å². The molecule has 0 fully saturated rings. The Hall–Kier alpha value is -5.32. The van der Waals surface area contributed by atoms with Gasteiger partial charge >= 0.3 is 0 Å². The summed E-state index contributed by atoms with van der Waals surface area (Å²) in [6, 6.07) is 45.0. The number of thiophene rings is 1. The van der Waals surface area contributed by atoms with Crippen molar-refractivity contribution >= 4 is 64.4 Å². The average Bonchev–Trinajstić information content (AvgIpc) is 3.62. The summed E-state index contributed by atoms with van der Waals surface area (Å²) in [5.41, 5.74) is 8.03. The second-order valence-corrected chi connectivity index (χ2v) is 11.7. The monoisotopic (exact) mass is 554 g/mol. The number of hydrogen-bond acceptors (Lipinski definition) is 4. The fraction of sp³-hybridized carbons (Fsp3) is 0. The third-order valence-electron chi connectivity index (χ3n) is 8.15. The van der Waals surface area contributed by atoms with Gasteiger partial charge in [-0.3, -0.25) is 0 Å². The summed E-state index contributed by atoms with van der Waals surface area (Å²) in [5, 5.41) is 6.04. The van der Waals surface area contributed by atoms with Crippen LogP contribution < -0.4 is 0 Å². The Morgan fingerprint density at radius 2 is 1.26 bits per heavy atom. The van der Waals surface area contributed by atoms with E-state index in [0.717, 1.165) is 33.2 Å². The second kappa shape index (κ2) is 9.10. The Morgan fingerprint density at radius 1 is 0.524 bits per heavy atom. The zero-order chi connectivity index (χ0) is 27.6. The van der Waals surface area contributed by atoms with Crippen LogP contribution in [-0.2, 0) is 0 Å². The third-order valence-corrected chi connectivity index (χ3v) is 9.37. The van der Waals surface area contributed by atoms with E-state index in [0.29, 0.717) is 11.4 Å². The Morgan fingerprint density at radius 3 is 2.24 bits per heavy atom. The molecule has 3 aromatic heterocycles. The van der Waals surface area contributed by atoms with E-state index in [1.54, 1.807) is 6.20 Å². The van der Waals surface area contributed by atoms with Gasteiger partial charge in [0.05, 0.1) is 6.20 Å². The van der Waals surface area contributed by atoms with Crippen molar-refractivity contribution in [2.75, 3.05) is 0 Å². The van der Waals surface area contributed by atoms with Gasteiger partial charge in [-0.25, -0.2) is 9.97 Å². The molecule has 0 atom stereocenters. The highest BCUT2D eigenvalue weighted by Crippen LogP contribution is 2.41. The first-order chi connectivity index (χ1) is 20.8. The van der Waals surface area contributed by atoms with Crippen molar-refractivity contribution in [2.24, 2.45) is 0 Å². The van der Waals surface area contributed by atoms with Gasteiger partial charge < -0.3 is 4.42 Å². The maximum absolute atomic E-state index is 6.17. The molecule has 0 bridgehead atoms. The van der Waals surface area contributed by atoms with Gasteiger partial charge in [0, 0.05) is 31.1 Å². The Bertz CT molecular complexity index is 2480. The standard InChI is InChI=1S/C38H22N2OS/c1-2-12-27-23(8-1)9-6-14-28(27)25-18-19-33-32(21-25)36-34(41-33)22-39-38(40-36)26-11-5-10-24(20-26)29-15-7-16-31-30-13-3-4-17-35(30)42-37(29)31/h1-22H. The van der Waals surface area contributed by atoms with Crippen molar-refractivity contribution in [3.63, 3.8) is 0 Å². The van der Waals surface area contributed by atoms with Crippen molar-refractivity contribution in [3.05, 3.63) is 134 Å². The number of rotatable bonds is 3. The quantitative estimate of drug-likeness (QED) is 0.218. The van der Waals surface area contributed by atoms with Crippen molar-refractivity contribution < 1.29 is 4.42 Å². The number of aromatic nitrogens is 2. The average molecular weight is 555 g/mol. The van der Waals surface area contributed by atoms with Crippen molar-refractivity contribution in [1.29, 1.82) is 0 Å². The van der Waals surface area contributed by atoms with Crippen LogP contribution in [-0.4, -0.2) is 9.97 Å². The van der Waals surface area contributed by atoms with Gasteiger partial charge in [0.25, 0.3) is 0 Å². The Labute approximate surface area is 245 Å². The van der Waals surface area contributed by atoms with Gasteiger partial charge in [-0.1, -0.05) is 103 Å². The summed E-state index contributed by atoms with van der Waals surface area (Å²) in [4.78, 5) is 9.78. The zero-order valence-corrected chi connectivity index (χ0v) is 23.2. The molecule has 0 saturated heterocycles. The molecule has 3 heterocycles. The predicted octanol–water partition coefficient (Wildman–Crippen LogP) is 10.9. The van der Waals surface area contributed by atoms with Crippen molar-refractivity contribution in [1.82, 2.24) is 9.97 Å². The van der Waals surface area contributed by atoms with E-state index in [-0.39, 0.29) is 0 Å². The highest BCUT2D eigenvalue weighted by molar-refractivity contribution is 7.26. The molecule has 0 aliphatic rings. The largest absolute Gasteiger partial charge is 0.453 e. The molecule has 0 radical (unpaired) electrons. The molecule has 3 nitrogen and oxygen atoms in total. The SMILES string of the molecule is c1cc(-c2ncc3oc4ccc(-c5cccc6ccccc56)cc4c3n2)cc(-c2cccc3c2sc2ccccc23)c1. The van der Waals surface area contributed by atoms with E-state index in [4.69, 9.17) is 14.4 Å². The summed E-state index contributed by atoms with van der Waals surface area (Å²) in [6.45, 7) is 0. The zero-order valence-electron chi connectivity index (χ0n) is 22.4. The summed E-state index contributed by atoms with van der Waals surface area (Å²) in [5.74, 6) is 0.686. The van der Waals surface area contributed by atoms with E-state index in [1.807, 2.05) is 17.4 Å². The molecule has 9 rings (SSSR count). The van der Waals surface area contributed by atoms with Gasteiger partial charge in [-0.15, -0.1) is 11.3 Å². The minimum absolute atomic E-state index is 0.686. The lowest BCUT2D eigenvalue weighted by Gasteiger charge is -2.07. The maximum Gasteiger partial charge on any atom is 0.172 e. The minimum atomic E-state index is 0.686.